The predicted octanol–water partition coefficient (Wildman–Crippen LogP) is 4.50. The van der Waals surface area contributed by atoms with E-state index in [1.54, 1.807) is 5.57 Å². The standard InChI is InChI=1S/C14H23ClO/c1-10(2)16-13(15)14(3)8-11-5-4-6-12(7-11)9-14/h8,10,12-13H,4-7,9H2,1-3H3. The van der Waals surface area contributed by atoms with Gasteiger partial charge in [0.15, 0.2) is 0 Å². The molecule has 0 heterocycles. The summed E-state index contributed by atoms with van der Waals surface area (Å²) in [5.74, 6) is 0.843. The van der Waals surface area contributed by atoms with Crippen molar-refractivity contribution in [2.24, 2.45) is 11.3 Å². The summed E-state index contributed by atoms with van der Waals surface area (Å²) in [6.45, 7) is 6.36. The fourth-order valence-corrected chi connectivity index (χ4v) is 3.56. The van der Waals surface area contributed by atoms with Gasteiger partial charge < -0.3 is 4.74 Å². The van der Waals surface area contributed by atoms with E-state index < -0.39 is 0 Å². The first-order valence-corrected chi connectivity index (χ1v) is 6.93. The lowest BCUT2D eigenvalue weighted by Crippen LogP contribution is -2.36. The molecule has 0 amide bonds. The lowest BCUT2D eigenvalue weighted by molar-refractivity contribution is -0.0103. The highest BCUT2D eigenvalue weighted by Crippen LogP contribution is 2.47. The summed E-state index contributed by atoms with van der Waals surface area (Å²) in [6, 6.07) is 0. The summed E-state index contributed by atoms with van der Waals surface area (Å²) >= 11 is 6.44. The second-order valence-electron chi connectivity index (χ2n) is 5.98. The maximum atomic E-state index is 6.44. The van der Waals surface area contributed by atoms with Crippen LogP contribution in [0, 0.1) is 11.3 Å². The molecule has 3 unspecified atom stereocenters. The van der Waals surface area contributed by atoms with E-state index in [0.29, 0.717) is 0 Å². The van der Waals surface area contributed by atoms with Gasteiger partial charge in [-0.1, -0.05) is 30.2 Å². The third-order valence-electron chi connectivity index (χ3n) is 3.83. The highest BCUT2D eigenvalue weighted by Gasteiger charge is 2.39. The van der Waals surface area contributed by atoms with E-state index in [9.17, 15) is 0 Å². The molecule has 0 aliphatic heterocycles. The summed E-state index contributed by atoms with van der Waals surface area (Å²) in [4.78, 5) is 0. The fourth-order valence-electron chi connectivity index (χ4n) is 3.20. The minimum atomic E-state index is -0.177. The lowest BCUT2D eigenvalue weighted by atomic mass is 9.68. The van der Waals surface area contributed by atoms with Crippen molar-refractivity contribution in [3.63, 3.8) is 0 Å². The van der Waals surface area contributed by atoms with Gasteiger partial charge >= 0.3 is 0 Å². The number of alkyl halides is 1. The van der Waals surface area contributed by atoms with Crippen molar-refractivity contribution >= 4 is 11.6 Å². The largest absolute Gasteiger partial charge is 0.359 e. The van der Waals surface area contributed by atoms with Gasteiger partial charge in [-0.2, -0.15) is 0 Å². The Hall–Kier alpha value is -0.0100. The quantitative estimate of drug-likeness (QED) is 0.523. The lowest BCUT2D eigenvalue weighted by Gasteiger charge is -2.42. The van der Waals surface area contributed by atoms with Crippen molar-refractivity contribution < 1.29 is 4.74 Å². The van der Waals surface area contributed by atoms with E-state index >= 15 is 0 Å². The van der Waals surface area contributed by atoms with Gasteiger partial charge in [-0.3, -0.25) is 0 Å². The molecule has 0 aromatic heterocycles. The van der Waals surface area contributed by atoms with E-state index in [4.69, 9.17) is 16.3 Å². The molecule has 1 saturated carbocycles. The topological polar surface area (TPSA) is 9.23 Å². The molecule has 2 rings (SSSR count). The highest BCUT2D eigenvalue weighted by molar-refractivity contribution is 6.20. The normalized spacial score (nSPS) is 36.1. The van der Waals surface area contributed by atoms with Gasteiger partial charge in [0, 0.05) is 5.41 Å². The van der Waals surface area contributed by atoms with Crippen molar-refractivity contribution in [2.45, 2.75) is 64.5 Å². The molecule has 0 aromatic carbocycles. The van der Waals surface area contributed by atoms with Crippen LogP contribution in [0.1, 0.15) is 52.9 Å². The molecule has 2 aliphatic rings. The first-order valence-electron chi connectivity index (χ1n) is 6.50. The minimum Gasteiger partial charge on any atom is -0.359 e. The number of halogens is 1. The zero-order valence-corrected chi connectivity index (χ0v) is 11.4. The molecule has 0 N–H and O–H groups in total. The summed E-state index contributed by atoms with van der Waals surface area (Å²) in [7, 11) is 0. The molecule has 1 nitrogen and oxygen atoms in total. The fraction of sp³-hybridized carbons (Fsp3) is 0.857. The van der Waals surface area contributed by atoms with E-state index in [2.05, 4.69) is 26.8 Å². The van der Waals surface area contributed by atoms with E-state index in [0.717, 1.165) is 5.92 Å². The first kappa shape index (κ1) is 12.4. The first-order chi connectivity index (χ1) is 7.49. The Kier molecular flexibility index (Phi) is 3.65. The van der Waals surface area contributed by atoms with Crippen molar-refractivity contribution in [2.75, 3.05) is 0 Å². The second-order valence-corrected chi connectivity index (χ2v) is 6.37. The summed E-state index contributed by atoms with van der Waals surface area (Å²) in [5, 5.41) is 0. The molecule has 0 spiro atoms. The van der Waals surface area contributed by atoms with Crippen LogP contribution in [-0.4, -0.2) is 11.7 Å². The molecule has 0 aromatic rings. The van der Waals surface area contributed by atoms with Crippen LogP contribution < -0.4 is 0 Å². The highest BCUT2D eigenvalue weighted by atomic mass is 35.5. The zero-order chi connectivity index (χ0) is 11.8. The summed E-state index contributed by atoms with van der Waals surface area (Å²) in [5.41, 5.74) is 1.48. The minimum absolute atomic E-state index is 0.0461. The Labute approximate surface area is 104 Å². The molecule has 0 radical (unpaired) electrons. The molecule has 2 bridgehead atoms. The number of hydrogen-bond donors (Lipinski definition) is 0. The number of ether oxygens (including phenoxy) is 1. The van der Waals surface area contributed by atoms with Gasteiger partial charge in [0.2, 0.25) is 0 Å². The van der Waals surface area contributed by atoms with Crippen LogP contribution in [0.25, 0.3) is 0 Å². The maximum Gasteiger partial charge on any atom is 0.140 e. The number of fused-ring (bicyclic) bond motifs is 2. The Balaban J connectivity index is 2.12. The Morgan fingerprint density at radius 3 is 2.88 bits per heavy atom. The molecule has 92 valence electrons. The third kappa shape index (κ3) is 2.62. The van der Waals surface area contributed by atoms with Crippen LogP contribution in [0.2, 0.25) is 0 Å². The number of hydrogen-bond acceptors (Lipinski definition) is 1. The van der Waals surface area contributed by atoms with Crippen molar-refractivity contribution in [1.82, 2.24) is 0 Å². The predicted molar refractivity (Wildman–Crippen MR) is 68.6 cm³/mol. The van der Waals surface area contributed by atoms with E-state index in [-0.39, 0.29) is 17.1 Å². The van der Waals surface area contributed by atoms with Crippen LogP contribution in [0.5, 0.6) is 0 Å². The molecule has 2 aliphatic carbocycles. The van der Waals surface area contributed by atoms with E-state index in [1.807, 2.05) is 0 Å². The van der Waals surface area contributed by atoms with Gasteiger partial charge in [0.05, 0.1) is 6.10 Å². The van der Waals surface area contributed by atoms with Gasteiger partial charge in [-0.05, 0) is 51.9 Å². The molecule has 0 saturated heterocycles. The third-order valence-corrected chi connectivity index (χ3v) is 4.43. The summed E-state index contributed by atoms with van der Waals surface area (Å²) < 4.78 is 5.78. The van der Waals surface area contributed by atoms with Crippen LogP contribution in [-0.2, 0) is 4.74 Å². The average molecular weight is 243 g/mol. The summed E-state index contributed by atoms with van der Waals surface area (Å²) in [6.07, 6.45) is 9.13. The van der Waals surface area contributed by atoms with Crippen LogP contribution in [0.15, 0.2) is 11.6 Å². The van der Waals surface area contributed by atoms with Gasteiger partial charge in [-0.15, -0.1) is 0 Å². The smallest absolute Gasteiger partial charge is 0.140 e. The maximum absolute atomic E-state index is 6.44. The molecule has 1 fully saturated rings. The molecular weight excluding hydrogens is 220 g/mol. The molecule has 3 atom stereocenters. The van der Waals surface area contributed by atoms with Crippen LogP contribution in [0.3, 0.4) is 0 Å². The number of allylic oxidation sites excluding steroid dienone is 1. The molecule has 16 heavy (non-hydrogen) atoms. The van der Waals surface area contributed by atoms with Gasteiger partial charge in [0.1, 0.15) is 5.56 Å². The second kappa shape index (κ2) is 4.70. The molecular formula is C14H23ClO. The Bertz CT molecular complexity index is 284. The van der Waals surface area contributed by atoms with Crippen LogP contribution >= 0.6 is 11.6 Å². The number of rotatable bonds is 3. The van der Waals surface area contributed by atoms with Gasteiger partial charge in [-0.25, -0.2) is 0 Å². The average Bonchev–Trinajstić information content (AvgIpc) is 2.15. The Morgan fingerprint density at radius 1 is 1.50 bits per heavy atom. The monoisotopic (exact) mass is 242 g/mol. The van der Waals surface area contributed by atoms with Crippen molar-refractivity contribution in [1.29, 1.82) is 0 Å². The SMILES string of the molecule is CC(C)OC(Cl)C1(C)C=C2CCCC(C2)C1. The zero-order valence-electron chi connectivity index (χ0n) is 10.6. The Morgan fingerprint density at radius 2 is 2.25 bits per heavy atom. The van der Waals surface area contributed by atoms with Crippen LogP contribution in [0.4, 0.5) is 0 Å². The van der Waals surface area contributed by atoms with E-state index in [1.165, 1.54) is 32.1 Å². The molecule has 2 heteroatoms. The van der Waals surface area contributed by atoms with Crippen molar-refractivity contribution in [3.05, 3.63) is 11.6 Å². The van der Waals surface area contributed by atoms with Gasteiger partial charge in [0.25, 0.3) is 0 Å². The van der Waals surface area contributed by atoms with Crippen molar-refractivity contribution in [3.8, 4) is 0 Å².